The van der Waals surface area contributed by atoms with E-state index in [-0.39, 0.29) is 5.91 Å². The van der Waals surface area contributed by atoms with Crippen LogP contribution >= 0.6 is 15.9 Å². The van der Waals surface area contributed by atoms with Gasteiger partial charge in [-0.25, -0.2) is 0 Å². The second kappa shape index (κ2) is 5.19. The van der Waals surface area contributed by atoms with Gasteiger partial charge >= 0.3 is 0 Å². The Hall–Kier alpha value is -0.870. The van der Waals surface area contributed by atoms with Gasteiger partial charge in [0, 0.05) is 24.1 Å². The Balaban J connectivity index is 2.25. The first kappa shape index (κ1) is 12.6. The van der Waals surface area contributed by atoms with E-state index in [4.69, 9.17) is 0 Å². The summed E-state index contributed by atoms with van der Waals surface area (Å²) in [5, 5.41) is 3.20. The van der Waals surface area contributed by atoms with Crippen LogP contribution in [0, 0.1) is 6.92 Å². The summed E-state index contributed by atoms with van der Waals surface area (Å²) in [7, 11) is 0. The molecule has 1 saturated heterocycles. The molecule has 1 fully saturated rings. The van der Waals surface area contributed by atoms with Gasteiger partial charge in [-0.3, -0.25) is 4.79 Å². The SMILES string of the molecule is CCN(C(=O)c1cccc(C)c1Br)C1CNC1. The summed E-state index contributed by atoms with van der Waals surface area (Å²) in [5.41, 5.74) is 1.86. The zero-order valence-corrected chi connectivity index (χ0v) is 11.8. The quantitative estimate of drug-likeness (QED) is 0.927. The van der Waals surface area contributed by atoms with Gasteiger partial charge in [0.1, 0.15) is 0 Å². The van der Waals surface area contributed by atoms with Gasteiger partial charge in [0.05, 0.1) is 11.6 Å². The van der Waals surface area contributed by atoms with Crippen molar-refractivity contribution in [1.82, 2.24) is 10.2 Å². The lowest BCUT2D eigenvalue weighted by molar-refractivity contribution is 0.0629. The van der Waals surface area contributed by atoms with Gasteiger partial charge in [-0.05, 0) is 41.4 Å². The van der Waals surface area contributed by atoms with Crippen LogP contribution in [-0.4, -0.2) is 36.5 Å². The van der Waals surface area contributed by atoms with Crippen LogP contribution in [0.25, 0.3) is 0 Å². The van der Waals surface area contributed by atoms with Crippen LogP contribution in [0.2, 0.25) is 0 Å². The molecule has 1 amide bonds. The van der Waals surface area contributed by atoms with Crippen LogP contribution in [0.15, 0.2) is 22.7 Å². The zero-order chi connectivity index (χ0) is 12.4. The second-order valence-corrected chi connectivity index (χ2v) is 5.13. The van der Waals surface area contributed by atoms with Crippen LogP contribution < -0.4 is 5.32 Å². The smallest absolute Gasteiger partial charge is 0.255 e. The summed E-state index contributed by atoms with van der Waals surface area (Å²) in [6, 6.07) is 6.16. The molecule has 0 saturated carbocycles. The molecule has 1 N–H and O–H groups in total. The molecule has 0 radical (unpaired) electrons. The monoisotopic (exact) mass is 296 g/mol. The number of amides is 1. The summed E-state index contributed by atoms with van der Waals surface area (Å²) >= 11 is 3.50. The molecule has 4 heteroatoms. The molecule has 1 aliphatic heterocycles. The van der Waals surface area contributed by atoms with Crippen molar-refractivity contribution >= 4 is 21.8 Å². The van der Waals surface area contributed by atoms with Crippen molar-refractivity contribution in [2.75, 3.05) is 19.6 Å². The van der Waals surface area contributed by atoms with E-state index in [0.717, 1.165) is 35.2 Å². The number of halogens is 1. The third-order valence-electron chi connectivity index (χ3n) is 3.22. The Morgan fingerprint density at radius 3 is 2.76 bits per heavy atom. The van der Waals surface area contributed by atoms with E-state index in [1.165, 1.54) is 0 Å². The van der Waals surface area contributed by atoms with E-state index >= 15 is 0 Å². The van der Waals surface area contributed by atoms with Crippen LogP contribution in [-0.2, 0) is 0 Å². The minimum Gasteiger partial charge on any atom is -0.333 e. The predicted octanol–water partition coefficient (Wildman–Crippen LogP) is 2.19. The van der Waals surface area contributed by atoms with Gasteiger partial charge in [-0.2, -0.15) is 0 Å². The maximum absolute atomic E-state index is 12.5. The topological polar surface area (TPSA) is 32.3 Å². The minimum atomic E-state index is 0.120. The molecule has 0 bridgehead atoms. The number of aryl methyl sites for hydroxylation is 1. The lowest BCUT2D eigenvalue weighted by Gasteiger charge is -2.37. The highest BCUT2D eigenvalue weighted by molar-refractivity contribution is 9.10. The summed E-state index contributed by atoms with van der Waals surface area (Å²) in [6.07, 6.45) is 0. The lowest BCUT2D eigenvalue weighted by Crippen LogP contribution is -2.58. The van der Waals surface area contributed by atoms with Crippen molar-refractivity contribution < 1.29 is 4.79 Å². The van der Waals surface area contributed by atoms with E-state index in [2.05, 4.69) is 21.2 Å². The number of rotatable bonds is 3. The van der Waals surface area contributed by atoms with E-state index in [1.807, 2.05) is 36.9 Å². The minimum absolute atomic E-state index is 0.120. The maximum Gasteiger partial charge on any atom is 0.255 e. The second-order valence-electron chi connectivity index (χ2n) is 4.34. The summed E-state index contributed by atoms with van der Waals surface area (Å²) < 4.78 is 0.913. The maximum atomic E-state index is 12.5. The molecular formula is C13H17BrN2O. The number of carbonyl (C=O) groups excluding carboxylic acids is 1. The van der Waals surface area contributed by atoms with Gasteiger partial charge < -0.3 is 10.2 Å². The highest BCUT2D eigenvalue weighted by Crippen LogP contribution is 2.23. The van der Waals surface area contributed by atoms with E-state index in [9.17, 15) is 4.79 Å². The number of hydrogen-bond donors (Lipinski definition) is 1. The average Bonchev–Trinajstić information content (AvgIpc) is 2.26. The molecule has 3 nitrogen and oxygen atoms in total. The summed E-state index contributed by atoms with van der Waals surface area (Å²) in [4.78, 5) is 14.4. The first-order valence-electron chi connectivity index (χ1n) is 5.92. The van der Waals surface area contributed by atoms with Crippen LogP contribution in [0.3, 0.4) is 0 Å². The van der Waals surface area contributed by atoms with Crippen LogP contribution in [0.5, 0.6) is 0 Å². The van der Waals surface area contributed by atoms with Crippen LogP contribution in [0.1, 0.15) is 22.8 Å². The Kier molecular flexibility index (Phi) is 3.84. The lowest BCUT2D eigenvalue weighted by atomic mass is 10.1. The first-order chi connectivity index (χ1) is 8.15. The van der Waals surface area contributed by atoms with E-state index < -0.39 is 0 Å². The van der Waals surface area contributed by atoms with Crippen molar-refractivity contribution in [3.63, 3.8) is 0 Å². The number of benzene rings is 1. The van der Waals surface area contributed by atoms with Gasteiger partial charge in [0.15, 0.2) is 0 Å². The molecule has 0 aliphatic carbocycles. The van der Waals surface area contributed by atoms with Crippen molar-refractivity contribution in [2.24, 2.45) is 0 Å². The Morgan fingerprint density at radius 2 is 2.24 bits per heavy atom. The normalized spacial score (nSPS) is 15.5. The molecule has 1 heterocycles. The summed E-state index contributed by atoms with van der Waals surface area (Å²) in [6.45, 7) is 6.60. The van der Waals surface area contributed by atoms with E-state index in [1.54, 1.807) is 0 Å². The van der Waals surface area contributed by atoms with Crippen molar-refractivity contribution in [3.8, 4) is 0 Å². The van der Waals surface area contributed by atoms with E-state index in [0.29, 0.717) is 6.04 Å². The number of carbonyl (C=O) groups is 1. The fourth-order valence-corrected chi connectivity index (χ4v) is 2.46. The van der Waals surface area contributed by atoms with Gasteiger partial charge in [-0.15, -0.1) is 0 Å². The Morgan fingerprint density at radius 1 is 1.53 bits per heavy atom. The average molecular weight is 297 g/mol. The molecule has 2 rings (SSSR count). The number of likely N-dealkylation sites (N-methyl/N-ethyl adjacent to an activating group) is 1. The Labute approximate surface area is 110 Å². The Bertz CT molecular complexity index is 429. The molecule has 0 aromatic heterocycles. The third kappa shape index (κ3) is 2.38. The standard InChI is InChI=1S/C13H17BrN2O/c1-3-16(10-7-15-8-10)13(17)11-6-4-5-9(2)12(11)14/h4-6,10,15H,3,7-8H2,1-2H3. The highest BCUT2D eigenvalue weighted by atomic mass is 79.9. The van der Waals surface area contributed by atoms with Gasteiger partial charge in [-0.1, -0.05) is 12.1 Å². The molecule has 1 aromatic carbocycles. The number of nitrogens with one attached hydrogen (secondary N) is 1. The molecule has 1 aliphatic rings. The fourth-order valence-electron chi connectivity index (χ4n) is 2.03. The molecule has 17 heavy (non-hydrogen) atoms. The van der Waals surface area contributed by atoms with Gasteiger partial charge in [0.2, 0.25) is 0 Å². The number of nitrogens with zero attached hydrogens (tertiary/aromatic N) is 1. The molecule has 0 atom stereocenters. The molecule has 1 aromatic rings. The number of hydrogen-bond acceptors (Lipinski definition) is 2. The summed E-state index contributed by atoms with van der Waals surface area (Å²) in [5.74, 6) is 0.120. The van der Waals surface area contributed by atoms with Crippen molar-refractivity contribution in [2.45, 2.75) is 19.9 Å². The molecular weight excluding hydrogens is 280 g/mol. The largest absolute Gasteiger partial charge is 0.333 e. The zero-order valence-electron chi connectivity index (χ0n) is 10.2. The van der Waals surface area contributed by atoms with Crippen molar-refractivity contribution in [1.29, 1.82) is 0 Å². The third-order valence-corrected chi connectivity index (χ3v) is 4.28. The molecule has 0 spiro atoms. The molecule has 92 valence electrons. The highest BCUT2D eigenvalue weighted by Gasteiger charge is 2.28. The van der Waals surface area contributed by atoms with Crippen molar-refractivity contribution in [3.05, 3.63) is 33.8 Å². The van der Waals surface area contributed by atoms with Crippen LogP contribution in [0.4, 0.5) is 0 Å². The fraction of sp³-hybridized carbons (Fsp3) is 0.462. The predicted molar refractivity (Wildman–Crippen MR) is 72.2 cm³/mol. The van der Waals surface area contributed by atoms with Gasteiger partial charge in [0.25, 0.3) is 5.91 Å². The first-order valence-corrected chi connectivity index (χ1v) is 6.71. The molecule has 0 unspecified atom stereocenters.